The van der Waals surface area contributed by atoms with Gasteiger partial charge in [0.1, 0.15) is 5.54 Å². The molecule has 0 spiro atoms. The van der Waals surface area contributed by atoms with Gasteiger partial charge in [0.25, 0.3) is 0 Å². The first-order valence-electron chi connectivity index (χ1n) is 6.27. The number of esters is 1. The number of carbonyl (C=O) groups is 1. The van der Waals surface area contributed by atoms with Crippen molar-refractivity contribution < 1.29 is 9.53 Å². The van der Waals surface area contributed by atoms with E-state index in [1.807, 2.05) is 31.2 Å². The van der Waals surface area contributed by atoms with E-state index in [0.29, 0.717) is 17.5 Å². The molecule has 0 atom stereocenters. The van der Waals surface area contributed by atoms with Gasteiger partial charge in [0.2, 0.25) is 0 Å². The molecule has 0 radical (unpaired) electrons. The molecule has 1 saturated carbocycles. The molecule has 0 saturated heterocycles. The van der Waals surface area contributed by atoms with Gasteiger partial charge in [-0.3, -0.25) is 0 Å². The molecule has 0 bridgehead atoms. The zero-order valence-electron chi connectivity index (χ0n) is 10.7. The highest BCUT2D eigenvalue weighted by Crippen LogP contribution is 2.41. The standard InChI is InChI=1S/C14H18ClNO2/c1-3-18-13(17)14(8-10(2)9-14)16-12-6-4-5-11(15)7-12/h4-7,10,16H,3,8-9H2,1-2H3. The summed E-state index contributed by atoms with van der Waals surface area (Å²) in [6.07, 6.45) is 1.61. The van der Waals surface area contributed by atoms with E-state index in [-0.39, 0.29) is 5.97 Å². The van der Waals surface area contributed by atoms with E-state index >= 15 is 0 Å². The summed E-state index contributed by atoms with van der Waals surface area (Å²) < 4.78 is 5.17. The fourth-order valence-electron chi connectivity index (χ4n) is 2.56. The molecule has 4 heteroatoms. The van der Waals surface area contributed by atoms with Gasteiger partial charge in [-0.15, -0.1) is 0 Å². The molecule has 1 aliphatic carbocycles. The van der Waals surface area contributed by atoms with Gasteiger partial charge in [-0.2, -0.15) is 0 Å². The number of carbonyl (C=O) groups excluding carboxylic acids is 1. The molecule has 0 amide bonds. The largest absolute Gasteiger partial charge is 0.464 e. The van der Waals surface area contributed by atoms with Crippen molar-refractivity contribution in [2.24, 2.45) is 5.92 Å². The molecule has 1 aliphatic rings. The lowest BCUT2D eigenvalue weighted by Crippen LogP contribution is -2.56. The molecule has 0 unspecified atom stereocenters. The van der Waals surface area contributed by atoms with Crippen LogP contribution in [-0.2, 0) is 9.53 Å². The maximum atomic E-state index is 12.1. The fourth-order valence-corrected chi connectivity index (χ4v) is 2.75. The minimum atomic E-state index is -0.569. The van der Waals surface area contributed by atoms with Crippen LogP contribution >= 0.6 is 11.6 Å². The minimum Gasteiger partial charge on any atom is -0.464 e. The first-order chi connectivity index (χ1) is 8.55. The van der Waals surface area contributed by atoms with Crippen LogP contribution in [0.25, 0.3) is 0 Å². The Kier molecular flexibility index (Phi) is 3.81. The Bertz CT molecular complexity index is 441. The van der Waals surface area contributed by atoms with Crippen LogP contribution in [0.5, 0.6) is 0 Å². The molecular formula is C14H18ClNO2. The number of halogens is 1. The molecule has 2 rings (SSSR count). The quantitative estimate of drug-likeness (QED) is 0.849. The van der Waals surface area contributed by atoms with Crippen molar-refractivity contribution in [2.75, 3.05) is 11.9 Å². The van der Waals surface area contributed by atoms with Crippen molar-refractivity contribution >= 4 is 23.3 Å². The van der Waals surface area contributed by atoms with Crippen LogP contribution in [0, 0.1) is 5.92 Å². The van der Waals surface area contributed by atoms with E-state index in [0.717, 1.165) is 18.5 Å². The average molecular weight is 268 g/mol. The summed E-state index contributed by atoms with van der Waals surface area (Å²) in [6, 6.07) is 7.42. The van der Waals surface area contributed by atoms with Gasteiger partial charge in [-0.05, 0) is 43.9 Å². The topological polar surface area (TPSA) is 38.3 Å². The van der Waals surface area contributed by atoms with Crippen LogP contribution in [0.1, 0.15) is 26.7 Å². The summed E-state index contributed by atoms with van der Waals surface area (Å²) in [4.78, 5) is 12.1. The first-order valence-corrected chi connectivity index (χ1v) is 6.64. The molecule has 1 aromatic rings. The molecule has 0 aliphatic heterocycles. The van der Waals surface area contributed by atoms with Crippen LogP contribution in [0.3, 0.4) is 0 Å². The van der Waals surface area contributed by atoms with Gasteiger partial charge >= 0.3 is 5.97 Å². The summed E-state index contributed by atoms with van der Waals surface area (Å²) in [7, 11) is 0. The Labute approximate surface area is 112 Å². The van der Waals surface area contributed by atoms with E-state index in [1.165, 1.54) is 0 Å². The summed E-state index contributed by atoms with van der Waals surface area (Å²) in [5.74, 6) is 0.379. The fraction of sp³-hybridized carbons (Fsp3) is 0.500. The van der Waals surface area contributed by atoms with E-state index in [4.69, 9.17) is 16.3 Å². The van der Waals surface area contributed by atoms with Crippen LogP contribution in [-0.4, -0.2) is 18.1 Å². The first kappa shape index (κ1) is 13.2. The lowest BCUT2D eigenvalue weighted by Gasteiger charge is -2.45. The monoisotopic (exact) mass is 267 g/mol. The number of anilines is 1. The van der Waals surface area contributed by atoms with Crippen LogP contribution in [0.15, 0.2) is 24.3 Å². The Morgan fingerprint density at radius 3 is 2.83 bits per heavy atom. The molecule has 0 aromatic heterocycles. The van der Waals surface area contributed by atoms with Gasteiger partial charge in [0.05, 0.1) is 6.61 Å². The predicted molar refractivity (Wildman–Crippen MR) is 72.8 cm³/mol. The van der Waals surface area contributed by atoms with Gasteiger partial charge in [0.15, 0.2) is 0 Å². The van der Waals surface area contributed by atoms with Crippen molar-refractivity contribution in [1.82, 2.24) is 0 Å². The van der Waals surface area contributed by atoms with E-state index in [2.05, 4.69) is 12.2 Å². The number of nitrogens with one attached hydrogen (secondary N) is 1. The summed E-state index contributed by atoms with van der Waals surface area (Å²) in [5.41, 5.74) is 0.294. The third-order valence-electron chi connectivity index (χ3n) is 3.27. The second-order valence-corrected chi connectivity index (χ2v) is 5.39. The second kappa shape index (κ2) is 5.19. The maximum Gasteiger partial charge on any atom is 0.331 e. The highest BCUT2D eigenvalue weighted by atomic mass is 35.5. The van der Waals surface area contributed by atoms with Gasteiger partial charge in [-0.25, -0.2) is 4.79 Å². The van der Waals surface area contributed by atoms with Crippen molar-refractivity contribution in [3.8, 4) is 0 Å². The second-order valence-electron chi connectivity index (χ2n) is 4.95. The molecule has 98 valence electrons. The summed E-state index contributed by atoms with van der Waals surface area (Å²) in [6.45, 7) is 4.37. The third-order valence-corrected chi connectivity index (χ3v) is 3.50. The van der Waals surface area contributed by atoms with E-state index < -0.39 is 5.54 Å². The molecular weight excluding hydrogens is 250 g/mol. The smallest absolute Gasteiger partial charge is 0.331 e. The number of hydrogen-bond acceptors (Lipinski definition) is 3. The highest BCUT2D eigenvalue weighted by Gasteiger charge is 2.49. The van der Waals surface area contributed by atoms with Crippen molar-refractivity contribution in [3.63, 3.8) is 0 Å². The Balaban J connectivity index is 2.14. The molecule has 3 nitrogen and oxygen atoms in total. The SMILES string of the molecule is CCOC(=O)C1(Nc2cccc(Cl)c2)CC(C)C1. The van der Waals surface area contributed by atoms with E-state index in [1.54, 1.807) is 0 Å². The normalized spacial score (nSPS) is 26.3. The summed E-state index contributed by atoms with van der Waals surface area (Å²) >= 11 is 5.95. The number of rotatable bonds is 4. The van der Waals surface area contributed by atoms with Crippen LogP contribution in [0.4, 0.5) is 5.69 Å². The van der Waals surface area contributed by atoms with Crippen molar-refractivity contribution in [2.45, 2.75) is 32.2 Å². The Morgan fingerprint density at radius 2 is 2.28 bits per heavy atom. The molecule has 0 heterocycles. The molecule has 1 fully saturated rings. The van der Waals surface area contributed by atoms with Gasteiger partial charge in [0, 0.05) is 10.7 Å². The lowest BCUT2D eigenvalue weighted by molar-refractivity contribution is -0.153. The van der Waals surface area contributed by atoms with Gasteiger partial charge < -0.3 is 10.1 Å². The maximum absolute atomic E-state index is 12.1. The minimum absolute atomic E-state index is 0.164. The van der Waals surface area contributed by atoms with Crippen molar-refractivity contribution in [3.05, 3.63) is 29.3 Å². The lowest BCUT2D eigenvalue weighted by atomic mass is 9.69. The number of ether oxygens (including phenoxy) is 1. The highest BCUT2D eigenvalue weighted by molar-refractivity contribution is 6.30. The van der Waals surface area contributed by atoms with Crippen molar-refractivity contribution in [1.29, 1.82) is 0 Å². The molecule has 1 aromatic carbocycles. The zero-order chi connectivity index (χ0) is 13.2. The summed E-state index contributed by atoms with van der Waals surface area (Å²) in [5, 5.41) is 3.95. The number of benzene rings is 1. The van der Waals surface area contributed by atoms with E-state index in [9.17, 15) is 4.79 Å². The predicted octanol–water partition coefficient (Wildman–Crippen LogP) is 3.48. The number of hydrogen-bond donors (Lipinski definition) is 1. The average Bonchev–Trinajstić information content (AvgIpc) is 2.27. The molecule has 1 N–H and O–H groups in total. The molecule has 18 heavy (non-hydrogen) atoms. The van der Waals surface area contributed by atoms with Crippen LogP contribution < -0.4 is 5.32 Å². The van der Waals surface area contributed by atoms with Gasteiger partial charge in [-0.1, -0.05) is 24.6 Å². The third kappa shape index (κ3) is 2.61. The Hall–Kier alpha value is -1.22. The Morgan fingerprint density at radius 1 is 1.56 bits per heavy atom. The van der Waals surface area contributed by atoms with Crippen LogP contribution in [0.2, 0.25) is 5.02 Å². The zero-order valence-corrected chi connectivity index (χ0v) is 11.5.